The molecule has 3 heteroatoms. The summed E-state index contributed by atoms with van der Waals surface area (Å²) in [5.74, 6) is 3.59. The molecular formula is C13H19N3. The molecule has 16 heavy (non-hydrogen) atoms. The van der Waals surface area contributed by atoms with Gasteiger partial charge in [-0.05, 0) is 37.7 Å². The second-order valence-electron chi connectivity index (χ2n) is 5.11. The summed E-state index contributed by atoms with van der Waals surface area (Å²) in [6.07, 6.45) is 8.38. The molecule has 3 rings (SSSR count). The van der Waals surface area contributed by atoms with Gasteiger partial charge in [0.05, 0.1) is 0 Å². The minimum Gasteiger partial charge on any atom is -0.367 e. The van der Waals surface area contributed by atoms with Crippen LogP contribution in [0.2, 0.25) is 0 Å². The standard InChI is InChI=1S/C13H19N3/c1-2-3-10-8-11(10)15-12-6-7-14-13(16-12)9-4-5-9/h6-7,9-11H,2-5,8H2,1H3,(H,14,15,16). The van der Waals surface area contributed by atoms with E-state index in [0.717, 1.165) is 17.6 Å². The van der Waals surface area contributed by atoms with E-state index in [0.29, 0.717) is 12.0 Å². The highest BCUT2D eigenvalue weighted by Crippen LogP contribution is 2.39. The van der Waals surface area contributed by atoms with Gasteiger partial charge < -0.3 is 5.32 Å². The average molecular weight is 217 g/mol. The van der Waals surface area contributed by atoms with Crippen LogP contribution in [-0.4, -0.2) is 16.0 Å². The Morgan fingerprint density at radius 3 is 3.06 bits per heavy atom. The van der Waals surface area contributed by atoms with Gasteiger partial charge in [-0.1, -0.05) is 13.3 Å². The van der Waals surface area contributed by atoms with E-state index in [9.17, 15) is 0 Å². The van der Waals surface area contributed by atoms with Crippen molar-refractivity contribution < 1.29 is 0 Å². The first-order valence-electron chi connectivity index (χ1n) is 6.46. The van der Waals surface area contributed by atoms with E-state index in [1.165, 1.54) is 32.1 Å². The second kappa shape index (κ2) is 4.04. The van der Waals surface area contributed by atoms with Crippen LogP contribution in [0.1, 0.15) is 50.8 Å². The van der Waals surface area contributed by atoms with Crippen LogP contribution in [-0.2, 0) is 0 Å². The number of rotatable bonds is 5. The highest BCUT2D eigenvalue weighted by Gasteiger charge is 2.36. The molecule has 0 amide bonds. The van der Waals surface area contributed by atoms with Gasteiger partial charge >= 0.3 is 0 Å². The van der Waals surface area contributed by atoms with Crippen molar-refractivity contribution >= 4 is 5.82 Å². The quantitative estimate of drug-likeness (QED) is 0.824. The zero-order valence-corrected chi connectivity index (χ0v) is 9.82. The third kappa shape index (κ3) is 2.18. The predicted molar refractivity (Wildman–Crippen MR) is 64.4 cm³/mol. The van der Waals surface area contributed by atoms with Crippen LogP contribution in [0.3, 0.4) is 0 Å². The van der Waals surface area contributed by atoms with Gasteiger partial charge in [0.15, 0.2) is 0 Å². The zero-order valence-electron chi connectivity index (χ0n) is 9.82. The molecule has 0 aliphatic heterocycles. The first kappa shape index (κ1) is 10.1. The molecule has 3 nitrogen and oxygen atoms in total. The summed E-state index contributed by atoms with van der Waals surface area (Å²) < 4.78 is 0. The van der Waals surface area contributed by atoms with Crippen molar-refractivity contribution in [3.63, 3.8) is 0 Å². The van der Waals surface area contributed by atoms with Crippen molar-refractivity contribution in [3.8, 4) is 0 Å². The zero-order chi connectivity index (χ0) is 11.0. The van der Waals surface area contributed by atoms with E-state index in [2.05, 4.69) is 22.2 Å². The van der Waals surface area contributed by atoms with Crippen molar-refractivity contribution in [2.75, 3.05) is 5.32 Å². The third-order valence-corrected chi connectivity index (χ3v) is 3.53. The Hall–Kier alpha value is -1.12. The Balaban J connectivity index is 1.60. The number of hydrogen-bond donors (Lipinski definition) is 1. The predicted octanol–water partition coefficient (Wildman–Crippen LogP) is 2.95. The van der Waals surface area contributed by atoms with Crippen molar-refractivity contribution in [1.82, 2.24) is 9.97 Å². The fourth-order valence-corrected chi connectivity index (χ4v) is 2.30. The molecule has 0 saturated heterocycles. The molecule has 1 N–H and O–H groups in total. The van der Waals surface area contributed by atoms with Crippen molar-refractivity contribution in [2.24, 2.45) is 5.92 Å². The lowest BCUT2D eigenvalue weighted by Crippen LogP contribution is -2.07. The van der Waals surface area contributed by atoms with E-state index < -0.39 is 0 Å². The summed E-state index contributed by atoms with van der Waals surface area (Å²) in [6, 6.07) is 2.66. The smallest absolute Gasteiger partial charge is 0.133 e. The van der Waals surface area contributed by atoms with Gasteiger partial charge in [-0.3, -0.25) is 0 Å². The summed E-state index contributed by atoms with van der Waals surface area (Å²) in [6.45, 7) is 2.26. The van der Waals surface area contributed by atoms with Gasteiger partial charge in [0, 0.05) is 18.2 Å². The molecule has 2 saturated carbocycles. The lowest BCUT2D eigenvalue weighted by molar-refractivity contribution is 0.692. The molecule has 2 atom stereocenters. The summed E-state index contributed by atoms with van der Waals surface area (Å²) in [4.78, 5) is 8.92. The molecule has 0 bridgehead atoms. The monoisotopic (exact) mass is 217 g/mol. The normalized spacial score (nSPS) is 27.8. The van der Waals surface area contributed by atoms with Crippen LogP contribution < -0.4 is 5.32 Å². The van der Waals surface area contributed by atoms with Gasteiger partial charge in [0.25, 0.3) is 0 Å². The molecule has 2 aliphatic carbocycles. The van der Waals surface area contributed by atoms with Crippen LogP contribution in [0.25, 0.3) is 0 Å². The number of nitrogens with one attached hydrogen (secondary N) is 1. The molecule has 2 fully saturated rings. The fraction of sp³-hybridized carbons (Fsp3) is 0.692. The summed E-state index contributed by atoms with van der Waals surface area (Å²) >= 11 is 0. The Bertz CT molecular complexity index is 373. The third-order valence-electron chi connectivity index (χ3n) is 3.53. The molecule has 0 spiro atoms. The second-order valence-corrected chi connectivity index (χ2v) is 5.11. The van der Waals surface area contributed by atoms with Gasteiger partial charge in [-0.25, -0.2) is 9.97 Å². The largest absolute Gasteiger partial charge is 0.367 e. The van der Waals surface area contributed by atoms with Gasteiger partial charge in [-0.2, -0.15) is 0 Å². The lowest BCUT2D eigenvalue weighted by atomic mass is 10.2. The number of aromatic nitrogens is 2. The van der Waals surface area contributed by atoms with Crippen molar-refractivity contribution in [2.45, 2.75) is 51.0 Å². The molecule has 0 radical (unpaired) electrons. The van der Waals surface area contributed by atoms with Crippen molar-refractivity contribution in [1.29, 1.82) is 0 Å². The SMILES string of the molecule is CCCC1CC1Nc1ccnc(C2CC2)n1. The molecule has 1 aromatic rings. The average Bonchev–Trinajstić information content (AvgIpc) is 3.14. The first-order valence-corrected chi connectivity index (χ1v) is 6.46. The Kier molecular flexibility index (Phi) is 2.54. The minimum atomic E-state index is 0.646. The molecule has 86 valence electrons. The summed E-state index contributed by atoms with van der Waals surface area (Å²) in [5.41, 5.74) is 0. The van der Waals surface area contributed by atoms with E-state index in [-0.39, 0.29) is 0 Å². The highest BCUT2D eigenvalue weighted by molar-refractivity contribution is 5.37. The number of hydrogen-bond acceptors (Lipinski definition) is 3. The van der Waals surface area contributed by atoms with E-state index in [1.807, 2.05) is 12.3 Å². The first-order chi connectivity index (χ1) is 7.86. The summed E-state index contributed by atoms with van der Waals surface area (Å²) in [5, 5.41) is 3.52. The van der Waals surface area contributed by atoms with Crippen LogP contribution in [0.4, 0.5) is 5.82 Å². The van der Waals surface area contributed by atoms with Gasteiger partial charge in [-0.15, -0.1) is 0 Å². The van der Waals surface area contributed by atoms with E-state index in [4.69, 9.17) is 0 Å². The van der Waals surface area contributed by atoms with Crippen LogP contribution in [0, 0.1) is 5.92 Å². The number of anilines is 1. The maximum atomic E-state index is 4.59. The molecule has 1 aromatic heterocycles. The Morgan fingerprint density at radius 1 is 1.44 bits per heavy atom. The highest BCUT2D eigenvalue weighted by atomic mass is 15.1. The summed E-state index contributed by atoms with van der Waals surface area (Å²) in [7, 11) is 0. The topological polar surface area (TPSA) is 37.8 Å². The molecule has 2 aliphatic rings. The van der Waals surface area contributed by atoms with Crippen LogP contribution >= 0.6 is 0 Å². The lowest BCUT2D eigenvalue weighted by Gasteiger charge is -2.05. The Morgan fingerprint density at radius 2 is 2.31 bits per heavy atom. The van der Waals surface area contributed by atoms with Crippen molar-refractivity contribution in [3.05, 3.63) is 18.1 Å². The molecule has 0 aromatic carbocycles. The maximum Gasteiger partial charge on any atom is 0.133 e. The van der Waals surface area contributed by atoms with Crippen LogP contribution in [0.15, 0.2) is 12.3 Å². The Labute approximate surface area is 96.7 Å². The number of nitrogens with zero attached hydrogens (tertiary/aromatic N) is 2. The maximum absolute atomic E-state index is 4.59. The van der Waals surface area contributed by atoms with E-state index in [1.54, 1.807) is 0 Å². The van der Waals surface area contributed by atoms with Gasteiger partial charge in [0.2, 0.25) is 0 Å². The minimum absolute atomic E-state index is 0.646. The fourth-order valence-electron chi connectivity index (χ4n) is 2.30. The molecular weight excluding hydrogens is 198 g/mol. The molecule has 1 heterocycles. The van der Waals surface area contributed by atoms with E-state index >= 15 is 0 Å². The van der Waals surface area contributed by atoms with Gasteiger partial charge in [0.1, 0.15) is 11.6 Å². The van der Waals surface area contributed by atoms with Crippen LogP contribution in [0.5, 0.6) is 0 Å². The molecule has 2 unspecified atom stereocenters.